The number of hydrogen-bond donors (Lipinski definition) is 1. The Morgan fingerprint density at radius 2 is 1.69 bits per heavy atom. The van der Waals surface area contributed by atoms with Crippen LogP contribution in [0.2, 0.25) is 0 Å². The number of para-hydroxylation sites is 1. The highest BCUT2D eigenvalue weighted by Crippen LogP contribution is 2.18. The van der Waals surface area contributed by atoms with E-state index in [4.69, 9.17) is 4.42 Å². The van der Waals surface area contributed by atoms with Gasteiger partial charge in [-0.15, -0.1) is 0 Å². The summed E-state index contributed by atoms with van der Waals surface area (Å²) in [5.74, 6) is 0.350. The van der Waals surface area contributed by atoms with Crippen molar-refractivity contribution in [1.82, 2.24) is 19.8 Å². The molecule has 0 saturated carbocycles. The molecule has 2 aromatic heterocycles. The van der Waals surface area contributed by atoms with E-state index in [0.29, 0.717) is 43.6 Å². The Labute approximate surface area is 168 Å². The zero-order valence-electron chi connectivity index (χ0n) is 16.0. The van der Waals surface area contributed by atoms with Crippen LogP contribution in [0.1, 0.15) is 26.6 Å². The van der Waals surface area contributed by atoms with Gasteiger partial charge in [-0.3, -0.25) is 9.59 Å². The number of nitrogens with one attached hydrogen (secondary N) is 1. The molecule has 1 N–H and O–H groups in total. The van der Waals surface area contributed by atoms with Crippen LogP contribution >= 0.6 is 0 Å². The van der Waals surface area contributed by atoms with E-state index in [0.717, 1.165) is 11.3 Å². The fraction of sp³-hybridized carbons (Fsp3) is 0.238. The second kappa shape index (κ2) is 8.14. The summed E-state index contributed by atoms with van der Waals surface area (Å²) in [5, 5.41) is 3.15. The standard InChI is InChI=1S/C21H21N5O3/c1-15-5-2-3-6-16(15)23-21-22-9-8-17(24-21)19(27)25-10-12-26(13-11-25)20(28)18-7-4-14-29-18/h2-9,14H,10-13H2,1H3,(H,22,23,24). The number of aromatic nitrogens is 2. The normalized spacial score (nSPS) is 14.0. The van der Waals surface area contributed by atoms with Crippen molar-refractivity contribution in [2.45, 2.75) is 6.92 Å². The third kappa shape index (κ3) is 4.11. The number of hydrogen-bond acceptors (Lipinski definition) is 6. The number of rotatable bonds is 4. The Bertz CT molecular complexity index is 1010. The van der Waals surface area contributed by atoms with Crippen LogP contribution in [0.15, 0.2) is 59.3 Å². The number of anilines is 2. The monoisotopic (exact) mass is 391 g/mol. The number of piperazine rings is 1. The van der Waals surface area contributed by atoms with Crippen molar-refractivity contribution < 1.29 is 14.0 Å². The van der Waals surface area contributed by atoms with Crippen molar-refractivity contribution in [2.24, 2.45) is 0 Å². The van der Waals surface area contributed by atoms with Gasteiger partial charge in [0.15, 0.2) is 5.76 Å². The van der Waals surface area contributed by atoms with E-state index >= 15 is 0 Å². The Morgan fingerprint density at radius 3 is 2.38 bits per heavy atom. The second-order valence-electron chi connectivity index (χ2n) is 6.77. The molecule has 0 radical (unpaired) electrons. The molecule has 1 aliphatic heterocycles. The van der Waals surface area contributed by atoms with Crippen LogP contribution < -0.4 is 5.32 Å². The minimum absolute atomic E-state index is 0.158. The summed E-state index contributed by atoms with van der Waals surface area (Å²) in [7, 11) is 0. The molecule has 1 aliphatic rings. The molecule has 0 bridgehead atoms. The van der Waals surface area contributed by atoms with Crippen molar-refractivity contribution in [3.05, 3.63) is 71.9 Å². The third-order valence-corrected chi connectivity index (χ3v) is 4.85. The van der Waals surface area contributed by atoms with E-state index in [1.54, 1.807) is 34.2 Å². The molecule has 1 saturated heterocycles. The zero-order chi connectivity index (χ0) is 20.2. The van der Waals surface area contributed by atoms with Gasteiger partial charge in [-0.1, -0.05) is 18.2 Å². The van der Waals surface area contributed by atoms with E-state index < -0.39 is 0 Å². The quantitative estimate of drug-likeness (QED) is 0.735. The molecule has 8 nitrogen and oxygen atoms in total. The highest BCUT2D eigenvalue weighted by Gasteiger charge is 2.27. The van der Waals surface area contributed by atoms with Gasteiger partial charge in [0.25, 0.3) is 11.8 Å². The van der Waals surface area contributed by atoms with Crippen LogP contribution in [0, 0.1) is 6.92 Å². The molecule has 29 heavy (non-hydrogen) atoms. The largest absolute Gasteiger partial charge is 0.459 e. The molecular weight excluding hydrogens is 370 g/mol. The fourth-order valence-electron chi connectivity index (χ4n) is 3.20. The molecule has 0 aliphatic carbocycles. The number of carbonyl (C=O) groups is 2. The maximum atomic E-state index is 12.9. The van der Waals surface area contributed by atoms with Gasteiger partial charge in [-0.05, 0) is 36.8 Å². The fourth-order valence-corrected chi connectivity index (χ4v) is 3.20. The molecule has 1 aromatic carbocycles. The molecule has 3 heterocycles. The van der Waals surface area contributed by atoms with Crippen molar-refractivity contribution in [3.63, 3.8) is 0 Å². The molecule has 4 rings (SSSR count). The first-order valence-electron chi connectivity index (χ1n) is 9.39. The van der Waals surface area contributed by atoms with Crippen molar-refractivity contribution in [2.75, 3.05) is 31.5 Å². The molecule has 148 valence electrons. The highest BCUT2D eigenvalue weighted by molar-refractivity contribution is 5.94. The van der Waals surface area contributed by atoms with E-state index in [1.165, 1.54) is 6.26 Å². The summed E-state index contributed by atoms with van der Waals surface area (Å²) in [6.45, 7) is 3.77. The predicted octanol–water partition coefficient (Wildman–Crippen LogP) is 2.72. The summed E-state index contributed by atoms with van der Waals surface area (Å²) in [6, 6.07) is 12.7. The molecule has 2 amide bonds. The van der Waals surface area contributed by atoms with Gasteiger partial charge in [-0.2, -0.15) is 0 Å². The summed E-state index contributed by atoms with van der Waals surface area (Å²) in [6.07, 6.45) is 3.04. The Hall–Kier alpha value is -3.68. The molecule has 8 heteroatoms. The van der Waals surface area contributed by atoms with E-state index in [1.807, 2.05) is 31.2 Å². The Balaban J connectivity index is 1.40. The Morgan fingerprint density at radius 1 is 0.966 bits per heavy atom. The lowest BCUT2D eigenvalue weighted by Gasteiger charge is -2.34. The van der Waals surface area contributed by atoms with Gasteiger partial charge in [0, 0.05) is 38.1 Å². The van der Waals surface area contributed by atoms with Crippen molar-refractivity contribution in [1.29, 1.82) is 0 Å². The molecule has 0 spiro atoms. The van der Waals surface area contributed by atoms with Crippen LogP contribution in [0.3, 0.4) is 0 Å². The number of nitrogens with zero attached hydrogens (tertiary/aromatic N) is 4. The molecule has 0 unspecified atom stereocenters. The first-order chi connectivity index (χ1) is 14.1. The van der Waals surface area contributed by atoms with E-state index in [9.17, 15) is 9.59 Å². The molecule has 3 aromatic rings. The predicted molar refractivity (Wildman–Crippen MR) is 107 cm³/mol. The average Bonchev–Trinajstić information content (AvgIpc) is 3.30. The summed E-state index contributed by atoms with van der Waals surface area (Å²) in [5.41, 5.74) is 2.27. The van der Waals surface area contributed by atoms with E-state index in [2.05, 4.69) is 15.3 Å². The van der Waals surface area contributed by atoms with Gasteiger partial charge in [-0.25, -0.2) is 9.97 Å². The first kappa shape index (κ1) is 18.7. The van der Waals surface area contributed by atoms with Crippen LogP contribution in [0.25, 0.3) is 0 Å². The number of benzene rings is 1. The zero-order valence-corrected chi connectivity index (χ0v) is 16.0. The van der Waals surface area contributed by atoms with Gasteiger partial charge in [0.05, 0.1) is 6.26 Å². The second-order valence-corrected chi connectivity index (χ2v) is 6.77. The van der Waals surface area contributed by atoms with Crippen LogP contribution in [-0.4, -0.2) is 57.8 Å². The van der Waals surface area contributed by atoms with Gasteiger partial charge in [0.1, 0.15) is 5.69 Å². The van der Waals surface area contributed by atoms with Crippen LogP contribution in [0.5, 0.6) is 0 Å². The molecule has 1 fully saturated rings. The number of aryl methyl sites for hydroxylation is 1. The van der Waals surface area contributed by atoms with Gasteiger partial charge in [0.2, 0.25) is 5.95 Å². The lowest BCUT2D eigenvalue weighted by Crippen LogP contribution is -2.50. The lowest BCUT2D eigenvalue weighted by molar-refractivity contribution is 0.0515. The lowest BCUT2D eigenvalue weighted by atomic mass is 10.2. The average molecular weight is 391 g/mol. The summed E-state index contributed by atoms with van der Waals surface area (Å²) in [4.78, 5) is 37.2. The maximum Gasteiger partial charge on any atom is 0.289 e. The summed E-state index contributed by atoms with van der Waals surface area (Å²) >= 11 is 0. The van der Waals surface area contributed by atoms with Gasteiger partial charge >= 0.3 is 0 Å². The smallest absolute Gasteiger partial charge is 0.289 e. The number of carbonyl (C=O) groups excluding carboxylic acids is 2. The molecule has 0 atom stereocenters. The first-order valence-corrected chi connectivity index (χ1v) is 9.39. The Kier molecular flexibility index (Phi) is 5.24. The number of furan rings is 1. The minimum atomic E-state index is -0.176. The van der Waals surface area contributed by atoms with Crippen molar-refractivity contribution in [3.8, 4) is 0 Å². The third-order valence-electron chi connectivity index (χ3n) is 4.85. The minimum Gasteiger partial charge on any atom is -0.459 e. The van der Waals surface area contributed by atoms with E-state index in [-0.39, 0.29) is 11.8 Å². The SMILES string of the molecule is Cc1ccccc1Nc1nccc(C(=O)N2CCN(C(=O)c3ccco3)CC2)n1. The topological polar surface area (TPSA) is 91.6 Å². The van der Waals surface area contributed by atoms with Crippen LogP contribution in [0.4, 0.5) is 11.6 Å². The van der Waals surface area contributed by atoms with Crippen molar-refractivity contribution >= 4 is 23.5 Å². The van der Waals surface area contributed by atoms with Crippen LogP contribution in [-0.2, 0) is 0 Å². The summed E-state index contributed by atoms with van der Waals surface area (Å²) < 4.78 is 5.17. The number of amides is 2. The maximum absolute atomic E-state index is 12.9. The van der Waals surface area contributed by atoms with Gasteiger partial charge < -0.3 is 19.5 Å². The molecular formula is C21H21N5O3. The highest BCUT2D eigenvalue weighted by atomic mass is 16.3.